The highest BCUT2D eigenvalue weighted by Crippen LogP contribution is 2.19. The van der Waals surface area contributed by atoms with Crippen molar-refractivity contribution in [3.63, 3.8) is 0 Å². The number of ether oxygens (including phenoxy) is 3. The summed E-state index contributed by atoms with van der Waals surface area (Å²) >= 11 is 0. The van der Waals surface area contributed by atoms with Gasteiger partial charge in [0.1, 0.15) is 13.2 Å². The van der Waals surface area contributed by atoms with Crippen LogP contribution in [0.3, 0.4) is 0 Å². The fourth-order valence-corrected chi connectivity index (χ4v) is 11.2. The largest absolute Gasteiger partial charge is 0.462 e. The molecule has 0 rings (SSSR count). The van der Waals surface area contributed by atoms with Crippen molar-refractivity contribution in [2.75, 3.05) is 13.2 Å². The van der Waals surface area contributed by atoms with Crippen molar-refractivity contribution in [3.05, 3.63) is 36.5 Å². The summed E-state index contributed by atoms with van der Waals surface area (Å²) in [5.74, 6) is -0.853. The lowest BCUT2D eigenvalue weighted by Gasteiger charge is -2.18. The Balaban J connectivity index is 3.96. The van der Waals surface area contributed by atoms with E-state index in [1.54, 1.807) is 0 Å². The summed E-state index contributed by atoms with van der Waals surface area (Å²) in [7, 11) is 0. The molecule has 476 valence electrons. The Labute approximate surface area is 506 Å². The van der Waals surface area contributed by atoms with E-state index in [0.29, 0.717) is 19.3 Å². The second-order valence-electron chi connectivity index (χ2n) is 24.9. The van der Waals surface area contributed by atoms with Gasteiger partial charge in [-0.3, -0.25) is 14.4 Å². The first-order chi connectivity index (χ1) is 40.0. The van der Waals surface area contributed by atoms with E-state index >= 15 is 0 Å². The number of unbranched alkanes of at least 4 members (excludes halogenated alkanes) is 51. The van der Waals surface area contributed by atoms with Crippen LogP contribution in [0.5, 0.6) is 0 Å². The Morgan fingerprint density at radius 3 is 0.691 bits per heavy atom. The molecule has 6 heteroatoms. The summed E-state index contributed by atoms with van der Waals surface area (Å²) in [6.45, 7) is 6.64. The molecular formula is C75H140O6. The third-order valence-corrected chi connectivity index (χ3v) is 16.6. The van der Waals surface area contributed by atoms with Crippen LogP contribution in [0.15, 0.2) is 36.5 Å². The molecule has 0 aliphatic heterocycles. The highest BCUT2D eigenvalue weighted by atomic mass is 16.6. The minimum absolute atomic E-state index is 0.0677. The molecule has 0 radical (unpaired) electrons. The Morgan fingerprint density at radius 2 is 0.444 bits per heavy atom. The van der Waals surface area contributed by atoms with Crippen molar-refractivity contribution in [2.24, 2.45) is 0 Å². The molecule has 0 spiro atoms. The molecular weight excluding hydrogens is 997 g/mol. The Bertz CT molecular complexity index is 1350. The Hall–Kier alpha value is -2.37. The van der Waals surface area contributed by atoms with Crippen LogP contribution in [0.4, 0.5) is 0 Å². The molecule has 0 aromatic heterocycles. The zero-order valence-electron chi connectivity index (χ0n) is 54.8. The molecule has 0 aromatic carbocycles. The number of esters is 3. The molecule has 0 heterocycles. The standard InChI is InChI=1S/C75H140O6/c1-4-7-10-13-16-18-20-22-24-26-28-30-32-34-36-37-38-40-41-43-45-47-49-51-53-55-57-59-62-65-68-74(77)80-71-72(70-79-73(76)67-64-61-15-12-9-6-3)81-75(78)69-66-63-60-58-56-54-52-50-48-46-44-42-39-35-33-31-29-27-25-23-21-19-17-14-11-8-5-2/h21,23,27,29,33,35,72H,4-20,22,24-26,28,30-32,34,36-71H2,1-3H3/b23-21-,29-27-,35-33-. The van der Waals surface area contributed by atoms with Crippen molar-refractivity contribution in [3.8, 4) is 0 Å². The van der Waals surface area contributed by atoms with Crippen molar-refractivity contribution in [2.45, 2.75) is 412 Å². The van der Waals surface area contributed by atoms with Gasteiger partial charge in [0.15, 0.2) is 6.10 Å². The number of carbonyl (C=O) groups excluding carboxylic acids is 3. The van der Waals surface area contributed by atoms with E-state index in [1.807, 2.05) is 0 Å². The molecule has 0 saturated heterocycles. The third kappa shape index (κ3) is 68.3. The summed E-state index contributed by atoms with van der Waals surface area (Å²) in [6.07, 6.45) is 88.0. The summed E-state index contributed by atoms with van der Waals surface area (Å²) in [5, 5.41) is 0. The second kappa shape index (κ2) is 70.1. The molecule has 1 unspecified atom stereocenters. The first kappa shape index (κ1) is 78.6. The minimum Gasteiger partial charge on any atom is -0.462 e. The van der Waals surface area contributed by atoms with Gasteiger partial charge in [0.05, 0.1) is 0 Å². The van der Waals surface area contributed by atoms with Gasteiger partial charge in [-0.1, -0.05) is 365 Å². The van der Waals surface area contributed by atoms with E-state index in [1.165, 1.54) is 295 Å². The lowest BCUT2D eigenvalue weighted by Crippen LogP contribution is -2.30. The van der Waals surface area contributed by atoms with Gasteiger partial charge in [0.25, 0.3) is 0 Å². The van der Waals surface area contributed by atoms with Crippen molar-refractivity contribution >= 4 is 17.9 Å². The number of hydrogen-bond acceptors (Lipinski definition) is 6. The highest BCUT2D eigenvalue weighted by molar-refractivity contribution is 5.71. The van der Waals surface area contributed by atoms with E-state index in [2.05, 4.69) is 57.2 Å². The monoisotopic (exact) mass is 1140 g/mol. The van der Waals surface area contributed by atoms with Crippen molar-refractivity contribution in [1.82, 2.24) is 0 Å². The van der Waals surface area contributed by atoms with Gasteiger partial charge < -0.3 is 14.2 Å². The summed E-state index contributed by atoms with van der Waals surface area (Å²) in [6, 6.07) is 0. The lowest BCUT2D eigenvalue weighted by atomic mass is 10.0. The number of rotatable bonds is 68. The summed E-state index contributed by atoms with van der Waals surface area (Å²) < 4.78 is 16.9. The molecule has 81 heavy (non-hydrogen) atoms. The van der Waals surface area contributed by atoms with Crippen LogP contribution in [0.25, 0.3) is 0 Å². The molecule has 0 amide bonds. The van der Waals surface area contributed by atoms with Gasteiger partial charge >= 0.3 is 17.9 Å². The Kier molecular flexibility index (Phi) is 68.1. The summed E-state index contributed by atoms with van der Waals surface area (Å²) in [5.41, 5.74) is 0. The smallest absolute Gasteiger partial charge is 0.306 e. The van der Waals surface area contributed by atoms with Gasteiger partial charge in [-0.15, -0.1) is 0 Å². The maximum absolute atomic E-state index is 12.9. The zero-order valence-corrected chi connectivity index (χ0v) is 54.8. The van der Waals surface area contributed by atoms with Gasteiger partial charge in [-0.05, 0) is 57.8 Å². The van der Waals surface area contributed by atoms with Gasteiger partial charge in [0.2, 0.25) is 0 Å². The fourth-order valence-electron chi connectivity index (χ4n) is 11.2. The second-order valence-corrected chi connectivity index (χ2v) is 24.9. The minimum atomic E-state index is -0.769. The molecule has 0 fully saturated rings. The molecule has 0 N–H and O–H groups in total. The van der Waals surface area contributed by atoms with E-state index in [4.69, 9.17) is 14.2 Å². The van der Waals surface area contributed by atoms with E-state index in [0.717, 1.165) is 70.6 Å². The van der Waals surface area contributed by atoms with Gasteiger partial charge in [-0.25, -0.2) is 0 Å². The zero-order chi connectivity index (χ0) is 58.5. The fraction of sp³-hybridized carbons (Fsp3) is 0.880. The predicted molar refractivity (Wildman–Crippen MR) is 353 cm³/mol. The molecule has 0 bridgehead atoms. The van der Waals surface area contributed by atoms with Crippen LogP contribution in [0.1, 0.15) is 406 Å². The lowest BCUT2D eigenvalue weighted by molar-refractivity contribution is -0.167. The van der Waals surface area contributed by atoms with E-state index in [9.17, 15) is 14.4 Å². The predicted octanol–water partition coefficient (Wildman–Crippen LogP) is 25.1. The number of allylic oxidation sites excluding steroid dienone is 6. The first-order valence-corrected chi connectivity index (χ1v) is 36.5. The van der Waals surface area contributed by atoms with Crippen molar-refractivity contribution in [1.29, 1.82) is 0 Å². The maximum atomic E-state index is 12.9. The van der Waals surface area contributed by atoms with Crippen LogP contribution < -0.4 is 0 Å². The van der Waals surface area contributed by atoms with Crippen LogP contribution >= 0.6 is 0 Å². The van der Waals surface area contributed by atoms with Crippen LogP contribution in [0, 0.1) is 0 Å². The Morgan fingerprint density at radius 1 is 0.247 bits per heavy atom. The molecule has 0 aliphatic rings. The normalized spacial score (nSPS) is 12.2. The van der Waals surface area contributed by atoms with Crippen molar-refractivity contribution < 1.29 is 28.6 Å². The number of hydrogen-bond donors (Lipinski definition) is 0. The molecule has 6 nitrogen and oxygen atoms in total. The summed E-state index contributed by atoms with van der Waals surface area (Å²) in [4.78, 5) is 38.1. The van der Waals surface area contributed by atoms with Gasteiger partial charge in [-0.2, -0.15) is 0 Å². The van der Waals surface area contributed by atoms with Crippen LogP contribution in [-0.2, 0) is 28.6 Å². The van der Waals surface area contributed by atoms with Crippen LogP contribution in [-0.4, -0.2) is 37.2 Å². The first-order valence-electron chi connectivity index (χ1n) is 36.5. The molecule has 0 saturated carbocycles. The van der Waals surface area contributed by atoms with Gasteiger partial charge in [0, 0.05) is 19.3 Å². The quantitative estimate of drug-likeness (QED) is 0.0261. The SMILES string of the molecule is CCCCCCC/C=C\C/C=C\C/C=C\CCCCCCCCCCCCCCC(=O)OC(COC(=O)CCCCCCCC)COC(=O)CCCCCCCCCCCCCCCCCCCCCCCCCCCCCCCC. The molecule has 0 aromatic rings. The third-order valence-electron chi connectivity index (χ3n) is 16.6. The maximum Gasteiger partial charge on any atom is 0.306 e. The average molecular weight is 1140 g/mol. The van der Waals surface area contributed by atoms with E-state index in [-0.39, 0.29) is 31.1 Å². The topological polar surface area (TPSA) is 78.9 Å². The number of carbonyl (C=O) groups is 3. The molecule has 1 atom stereocenters. The van der Waals surface area contributed by atoms with Crippen LogP contribution in [0.2, 0.25) is 0 Å². The molecule has 0 aliphatic carbocycles. The average Bonchev–Trinajstić information content (AvgIpc) is 3.47. The highest BCUT2D eigenvalue weighted by Gasteiger charge is 2.19. The van der Waals surface area contributed by atoms with E-state index < -0.39 is 6.10 Å².